The summed E-state index contributed by atoms with van der Waals surface area (Å²) in [7, 11) is 0. The topological polar surface area (TPSA) is 459 Å². The lowest BCUT2D eigenvalue weighted by Crippen LogP contribution is -2.78. The summed E-state index contributed by atoms with van der Waals surface area (Å²) in [5.74, 6) is -6.67. The molecule has 0 radical (unpaired) electrons. The SMILES string of the molecule is NC(=O)C[C@H](NC(=O)[C@H](CCCC[NH3+])NC(=O)CNC(=O)[C@H](Cc1ccccc1)NC(=O)[C@@H](N)CCCC[NH3+])C(=O)N[C@@H](CCCC[NH3+])C(=O)N[C@@H](CO)C(=O)N[C@H](C=O)CCC[NH+]=C(N)N. The number of aliphatic hydroxyl groups is 1. The molecule has 0 saturated carbocycles. The van der Waals surface area contributed by atoms with Crippen LogP contribution in [0.1, 0.15) is 82.6 Å². The predicted octanol–water partition coefficient (Wildman–Crippen LogP) is -9.98. The van der Waals surface area contributed by atoms with Crippen molar-refractivity contribution >= 4 is 59.5 Å². The third-order valence-electron chi connectivity index (χ3n) is 10.3. The molecule has 8 amide bonds. The Labute approximate surface area is 390 Å². The molecule has 0 unspecified atom stereocenters. The molecule has 26 N–H and O–H groups in total. The zero-order chi connectivity index (χ0) is 50.1. The van der Waals surface area contributed by atoms with E-state index in [1.54, 1.807) is 30.3 Å². The molecule has 1 aromatic rings. The molecule has 0 aliphatic heterocycles. The van der Waals surface area contributed by atoms with Gasteiger partial charge in [0.2, 0.25) is 47.3 Å². The number of unbranched alkanes of at least 4 members (excludes halogenated alkanes) is 3. The molecule has 67 heavy (non-hydrogen) atoms. The van der Waals surface area contributed by atoms with Crippen LogP contribution in [-0.4, -0.2) is 146 Å². The Morgan fingerprint density at radius 3 is 1.64 bits per heavy atom. The van der Waals surface area contributed by atoms with E-state index in [4.69, 9.17) is 22.9 Å². The fourth-order valence-electron chi connectivity index (χ4n) is 6.57. The average molecular weight is 952 g/mol. The van der Waals surface area contributed by atoms with E-state index in [1.165, 1.54) is 0 Å². The number of primary amides is 1. The third-order valence-corrected chi connectivity index (χ3v) is 10.3. The molecule has 1 rings (SSSR count). The van der Waals surface area contributed by atoms with Crippen LogP contribution in [0.3, 0.4) is 0 Å². The molecule has 0 heterocycles. The van der Waals surface area contributed by atoms with Crippen LogP contribution in [0.5, 0.6) is 0 Å². The number of guanidine groups is 1. The van der Waals surface area contributed by atoms with E-state index in [0.29, 0.717) is 77.4 Å². The van der Waals surface area contributed by atoms with E-state index in [9.17, 15) is 48.3 Å². The van der Waals surface area contributed by atoms with Crippen molar-refractivity contribution in [3.8, 4) is 0 Å². The Balaban J connectivity index is 3.18. The zero-order valence-electron chi connectivity index (χ0n) is 38.5. The molecular weight excluding hydrogens is 875 g/mol. The van der Waals surface area contributed by atoms with Crippen LogP contribution in [-0.2, 0) is 49.6 Å². The van der Waals surface area contributed by atoms with Gasteiger partial charge in [-0.1, -0.05) is 30.3 Å². The quantitative estimate of drug-likeness (QED) is 0.0129. The fraction of sp³-hybridized carbons (Fsp3) is 0.619. The maximum Gasteiger partial charge on any atom is 0.338 e. The number of aldehydes is 1. The number of carbonyl (C=O) groups is 9. The minimum Gasteiger partial charge on any atom is -0.394 e. The minimum atomic E-state index is -1.64. The number of quaternary nitrogens is 3. The Morgan fingerprint density at radius 1 is 0.597 bits per heavy atom. The Bertz CT molecular complexity index is 1750. The van der Waals surface area contributed by atoms with Crippen LogP contribution in [0.4, 0.5) is 0 Å². The van der Waals surface area contributed by atoms with E-state index in [1.807, 2.05) is 0 Å². The first kappa shape index (κ1) is 58.7. The van der Waals surface area contributed by atoms with Gasteiger partial charge in [-0.05, 0) is 76.2 Å². The summed E-state index contributed by atoms with van der Waals surface area (Å²) in [6.07, 6.45) is 4.23. The van der Waals surface area contributed by atoms with Crippen molar-refractivity contribution in [1.82, 2.24) is 37.2 Å². The van der Waals surface area contributed by atoms with Crippen molar-refractivity contribution in [2.45, 2.75) is 126 Å². The number of aliphatic hydroxyl groups excluding tert-OH is 1. The van der Waals surface area contributed by atoms with Gasteiger partial charge in [-0.3, -0.25) is 54.8 Å². The minimum absolute atomic E-state index is 0.0182. The summed E-state index contributed by atoms with van der Waals surface area (Å²) in [6.45, 7) is 0.526. The number of carbonyl (C=O) groups excluding carboxylic acids is 9. The molecule has 0 aromatic heterocycles. The van der Waals surface area contributed by atoms with Gasteiger partial charge in [0.05, 0.1) is 57.8 Å². The largest absolute Gasteiger partial charge is 0.394 e. The van der Waals surface area contributed by atoms with Crippen LogP contribution in [0, 0.1) is 0 Å². The second-order valence-corrected chi connectivity index (χ2v) is 16.1. The third kappa shape index (κ3) is 25.3. The number of benzene rings is 1. The second kappa shape index (κ2) is 34.1. The number of hydrogen-bond acceptors (Lipinski definition) is 11. The molecule has 376 valence electrons. The van der Waals surface area contributed by atoms with Gasteiger partial charge in [-0.25, -0.2) is 0 Å². The number of rotatable bonds is 36. The normalized spacial score (nSPS) is 14.0. The lowest BCUT2D eigenvalue weighted by Gasteiger charge is -2.26. The molecule has 0 spiro atoms. The molecule has 25 heteroatoms. The van der Waals surface area contributed by atoms with Crippen molar-refractivity contribution in [1.29, 1.82) is 0 Å². The van der Waals surface area contributed by atoms with E-state index in [-0.39, 0.29) is 31.6 Å². The molecule has 0 fully saturated rings. The van der Waals surface area contributed by atoms with Crippen molar-refractivity contribution in [3.05, 3.63) is 35.9 Å². The summed E-state index contributed by atoms with van der Waals surface area (Å²) in [6, 6.07) is 0.143. The first-order valence-electron chi connectivity index (χ1n) is 22.7. The predicted molar refractivity (Wildman–Crippen MR) is 243 cm³/mol. The second-order valence-electron chi connectivity index (χ2n) is 16.1. The molecule has 7 atom stereocenters. The van der Waals surface area contributed by atoms with Crippen LogP contribution in [0.2, 0.25) is 0 Å². The maximum atomic E-state index is 13.8. The van der Waals surface area contributed by atoms with Gasteiger partial charge in [0.25, 0.3) is 0 Å². The van der Waals surface area contributed by atoms with Gasteiger partial charge in [-0.2, -0.15) is 0 Å². The molecule has 0 saturated heterocycles. The summed E-state index contributed by atoms with van der Waals surface area (Å²) >= 11 is 0. The van der Waals surface area contributed by atoms with Crippen molar-refractivity contribution in [3.63, 3.8) is 0 Å². The van der Waals surface area contributed by atoms with Gasteiger partial charge < -0.3 is 75.8 Å². The van der Waals surface area contributed by atoms with Gasteiger partial charge in [0, 0.05) is 6.42 Å². The van der Waals surface area contributed by atoms with Crippen molar-refractivity contribution < 1.29 is 70.5 Å². The highest BCUT2D eigenvalue weighted by Crippen LogP contribution is 2.08. The molecule has 1 aromatic carbocycles. The van der Waals surface area contributed by atoms with Crippen LogP contribution >= 0.6 is 0 Å². The summed E-state index contributed by atoms with van der Waals surface area (Å²) < 4.78 is 0. The lowest BCUT2D eigenvalue weighted by molar-refractivity contribution is -0.459. The highest BCUT2D eigenvalue weighted by atomic mass is 16.3. The van der Waals surface area contributed by atoms with Crippen LogP contribution in [0.15, 0.2) is 30.3 Å². The maximum absolute atomic E-state index is 13.8. The van der Waals surface area contributed by atoms with Gasteiger partial charge in [0.15, 0.2) is 0 Å². The van der Waals surface area contributed by atoms with E-state index >= 15 is 0 Å². The number of amides is 8. The average Bonchev–Trinajstić information content (AvgIpc) is 3.29. The molecule has 0 aliphatic rings. The standard InChI is InChI=1S/C42H73N15O10/c43-17-7-4-14-28(46)36(62)55-31(21-26-11-2-1-3-12-26)37(63)51-23-35(61)53-29(15-5-8-18-44)38(64)56-32(22-34(47)60)40(66)54-30(16-6-9-19-45)39(65)57-33(25-59)41(67)52-27(24-58)13-10-20-50-42(48)49/h1-3,11-12,24,27-33,59H,4-10,13-23,25,43-46H2,(H2,47,60)(H,51,63)(H,52,67)(H,53,61)(H,54,66)(H,55,62)(H,56,64)(H,57,65)(H4,48,49,50)/p+4/t27-,28-,29-,30-,31-,32-,33-/m0/s1. The van der Waals surface area contributed by atoms with E-state index < -0.39 is 109 Å². The van der Waals surface area contributed by atoms with Gasteiger partial charge in [0.1, 0.15) is 36.5 Å². The molecule has 0 aliphatic carbocycles. The van der Waals surface area contributed by atoms with E-state index in [0.717, 1.165) is 12.0 Å². The Hall–Kier alpha value is -6.28. The van der Waals surface area contributed by atoms with Crippen LogP contribution < -0.4 is 82.3 Å². The van der Waals surface area contributed by atoms with E-state index in [2.05, 4.69) is 59.4 Å². The van der Waals surface area contributed by atoms with Crippen LogP contribution in [0.25, 0.3) is 0 Å². The Kier molecular flexibility index (Phi) is 29.9. The van der Waals surface area contributed by atoms with Gasteiger partial charge >= 0.3 is 5.96 Å². The summed E-state index contributed by atoms with van der Waals surface area (Å²) in [5.41, 5.74) is 34.4. The zero-order valence-corrected chi connectivity index (χ0v) is 38.5. The van der Waals surface area contributed by atoms with Crippen molar-refractivity contribution in [2.75, 3.05) is 39.3 Å². The monoisotopic (exact) mass is 952 g/mol. The summed E-state index contributed by atoms with van der Waals surface area (Å²) in [5, 5.41) is 27.5. The molecule has 25 nitrogen and oxygen atoms in total. The number of hydrogen-bond donors (Lipinski definition) is 16. The Morgan fingerprint density at radius 2 is 1.10 bits per heavy atom. The smallest absolute Gasteiger partial charge is 0.338 e. The fourth-order valence-corrected chi connectivity index (χ4v) is 6.57. The van der Waals surface area contributed by atoms with Crippen molar-refractivity contribution in [2.24, 2.45) is 22.9 Å². The first-order chi connectivity index (χ1) is 32.0. The number of nitrogens with one attached hydrogen (secondary N) is 8. The molecule has 0 bridgehead atoms. The number of nitrogens with two attached hydrogens (primary N) is 4. The highest BCUT2D eigenvalue weighted by molar-refractivity contribution is 5.98. The highest BCUT2D eigenvalue weighted by Gasteiger charge is 2.33. The lowest BCUT2D eigenvalue weighted by atomic mass is 10.0. The molecular formula is C42H77N15O10+4. The first-order valence-corrected chi connectivity index (χ1v) is 22.7. The summed E-state index contributed by atoms with van der Waals surface area (Å²) in [4.78, 5) is 120. The van der Waals surface area contributed by atoms with Gasteiger partial charge in [-0.15, -0.1) is 0 Å².